The number of halogens is 1. The molecule has 3 rings (SSSR count). The van der Waals surface area contributed by atoms with Crippen molar-refractivity contribution in [1.82, 2.24) is 0 Å². The zero-order valence-electron chi connectivity index (χ0n) is 18.6. The lowest BCUT2D eigenvalue weighted by Crippen LogP contribution is -2.33. The maximum Gasteiger partial charge on any atom is 0.336 e. The highest BCUT2D eigenvalue weighted by Crippen LogP contribution is 2.48. The van der Waals surface area contributed by atoms with E-state index in [0.717, 1.165) is 52.7 Å². The standard InChI is InChI=1S/C24H30FNO4S2/c1-4-5-10-24(2)14-26(17-8-6-16(25)7-9-17)18-11-22(31-3)20(12-21(18)32-15-24)30-13-19(27)23(28)29/h6-9,11-12,19,27H,4-5,10,13-15H2,1-3H3,(H,28,29). The van der Waals surface area contributed by atoms with Gasteiger partial charge in [-0.3, -0.25) is 0 Å². The van der Waals surface area contributed by atoms with Crippen molar-refractivity contribution in [3.05, 3.63) is 42.2 Å². The maximum absolute atomic E-state index is 13.6. The number of nitrogens with zero attached hydrogens (tertiary/aromatic N) is 1. The van der Waals surface area contributed by atoms with Crippen molar-refractivity contribution in [2.45, 2.75) is 49.0 Å². The van der Waals surface area contributed by atoms with E-state index in [0.29, 0.717) is 5.75 Å². The van der Waals surface area contributed by atoms with Gasteiger partial charge in [0.15, 0.2) is 6.10 Å². The minimum atomic E-state index is -1.58. The van der Waals surface area contributed by atoms with E-state index in [-0.39, 0.29) is 17.8 Å². The summed E-state index contributed by atoms with van der Waals surface area (Å²) in [5, 5.41) is 18.6. The maximum atomic E-state index is 13.6. The summed E-state index contributed by atoms with van der Waals surface area (Å²) in [6.45, 7) is 4.99. The minimum Gasteiger partial charge on any atom is -0.489 e. The number of hydrogen-bond acceptors (Lipinski definition) is 6. The fourth-order valence-corrected chi connectivity index (χ4v) is 5.54. The van der Waals surface area contributed by atoms with Crippen molar-refractivity contribution in [1.29, 1.82) is 0 Å². The number of aliphatic carboxylic acids is 1. The van der Waals surface area contributed by atoms with E-state index >= 15 is 0 Å². The molecule has 174 valence electrons. The topological polar surface area (TPSA) is 70.0 Å². The average molecular weight is 480 g/mol. The number of carboxylic acid groups (broad SMARTS) is 1. The van der Waals surface area contributed by atoms with E-state index < -0.39 is 12.1 Å². The minimum absolute atomic E-state index is 0.0636. The van der Waals surface area contributed by atoms with Crippen molar-refractivity contribution in [3.8, 4) is 5.75 Å². The Morgan fingerprint density at radius 1 is 1.34 bits per heavy atom. The van der Waals surface area contributed by atoms with E-state index in [2.05, 4.69) is 18.7 Å². The molecule has 1 aliphatic heterocycles. The van der Waals surface area contributed by atoms with Gasteiger partial charge in [-0.15, -0.1) is 23.5 Å². The third-order valence-corrected chi connectivity index (χ3v) is 7.84. The molecule has 2 N–H and O–H groups in total. The number of unbranched alkanes of at least 4 members (excludes halogenated alkanes) is 1. The highest BCUT2D eigenvalue weighted by Gasteiger charge is 2.33. The van der Waals surface area contributed by atoms with Gasteiger partial charge in [-0.25, -0.2) is 9.18 Å². The molecule has 32 heavy (non-hydrogen) atoms. The molecular formula is C24H30FNO4S2. The molecule has 5 nitrogen and oxygen atoms in total. The van der Waals surface area contributed by atoms with Gasteiger partial charge >= 0.3 is 5.97 Å². The Balaban J connectivity index is 2.02. The SMILES string of the molecule is CCCCC1(C)CSc2cc(OCC(O)C(=O)O)c(SC)cc2N(c2ccc(F)cc2)C1. The first-order valence-electron chi connectivity index (χ1n) is 10.7. The smallest absolute Gasteiger partial charge is 0.336 e. The number of carboxylic acids is 1. The van der Waals surface area contributed by atoms with Gasteiger partial charge in [0, 0.05) is 22.9 Å². The third kappa shape index (κ3) is 5.91. The van der Waals surface area contributed by atoms with Gasteiger partial charge in [-0.2, -0.15) is 0 Å². The van der Waals surface area contributed by atoms with Gasteiger partial charge in [0.2, 0.25) is 0 Å². The molecule has 2 aromatic rings. The summed E-state index contributed by atoms with van der Waals surface area (Å²) >= 11 is 3.26. The number of aliphatic hydroxyl groups excluding tert-OH is 1. The van der Waals surface area contributed by atoms with Crippen LogP contribution in [0.1, 0.15) is 33.1 Å². The molecule has 8 heteroatoms. The Kier molecular flexibility index (Phi) is 8.36. The first-order chi connectivity index (χ1) is 15.3. The summed E-state index contributed by atoms with van der Waals surface area (Å²) in [6, 6.07) is 10.6. The Labute approximate surface area is 197 Å². The number of aliphatic hydroxyl groups is 1. The predicted molar refractivity (Wildman–Crippen MR) is 129 cm³/mol. The highest BCUT2D eigenvalue weighted by molar-refractivity contribution is 7.99. The molecule has 2 atom stereocenters. The lowest BCUT2D eigenvalue weighted by Gasteiger charge is -2.34. The number of rotatable bonds is 9. The molecule has 0 aromatic heterocycles. The van der Waals surface area contributed by atoms with Gasteiger partial charge in [0.1, 0.15) is 18.2 Å². The van der Waals surface area contributed by atoms with Gasteiger partial charge in [0.25, 0.3) is 0 Å². The monoisotopic (exact) mass is 479 g/mol. The molecule has 2 aromatic carbocycles. The predicted octanol–water partition coefficient (Wildman–Crippen LogP) is 5.81. The number of carbonyl (C=O) groups is 1. The quantitative estimate of drug-likeness (QED) is 0.440. The van der Waals surface area contributed by atoms with Crippen molar-refractivity contribution >= 4 is 40.9 Å². The van der Waals surface area contributed by atoms with E-state index in [9.17, 15) is 14.3 Å². The van der Waals surface area contributed by atoms with Gasteiger partial charge in [-0.1, -0.05) is 26.7 Å². The van der Waals surface area contributed by atoms with Gasteiger partial charge in [0.05, 0.1) is 10.6 Å². The molecule has 1 heterocycles. The number of thioether (sulfide) groups is 2. The fourth-order valence-electron chi connectivity index (χ4n) is 3.74. The van der Waals surface area contributed by atoms with E-state index in [1.165, 1.54) is 23.9 Å². The summed E-state index contributed by atoms with van der Waals surface area (Å²) in [7, 11) is 0. The second-order valence-corrected chi connectivity index (χ2v) is 10.3. The van der Waals surface area contributed by atoms with E-state index in [1.54, 1.807) is 11.8 Å². The van der Waals surface area contributed by atoms with Crippen LogP contribution >= 0.6 is 23.5 Å². The summed E-state index contributed by atoms with van der Waals surface area (Å²) in [6.07, 6.45) is 3.71. The molecule has 0 bridgehead atoms. The summed E-state index contributed by atoms with van der Waals surface area (Å²) in [4.78, 5) is 15.1. The summed E-state index contributed by atoms with van der Waals surface area (Å²) in [5.74, 6) is -0.0974. The number of anilines is 2. The van der Waals surface area contributed by atoms with Crippen LogP contribution in [-0.2, 0) is 4.79 Å². The first-order valence-corrected chi connectivity index (χ1v) is 12.9. The van der Waals surface area contributed by atoms with Crippen molar-refractivity contribution in [2.24, 2.45) is 5.41 Å². The average Bonchev–Trinajstić information content (AvgIpc) is 2.92. The van der Waals surface area contributed by atoms with E-state index in [1.807, 2.05) is 30.5 Å². The molecule has 0 fully saturated rings. The Morgan fingerprint density at radius 2 is 2.06 bits per heavy atom. The van der Waals surface area contributed by atoms with Gasteiger partial charge in [-0.05, 0) is 54.5 Å². The van der Waals surface area contributed by atoms with Crippen LogP contribution in [0.2, 0.25) is 0 Å². The fraction of sp³-hybridized carbons (Fsp3) is 0.458. The second kappa shape index (κ2) is 10.8. The van der Waals surface area contributed by atoms with Crippen LogP contribution in [-0.4, -0.2) is 47.4 Å². The van der Waals surface area contributed by atoms with Crippen LogP contribution in [0.3, 0.4) is 0 Å². The van der Waals surface area contributed by atoms with Crippen LogP contribution < -0.4 is 9.64 Å². The third-order valence-electron chi connectivity index (χ3n) is 5.61. The number of benzene rings is 2. The highest BCUT2D eigenvalue weighted by atomic mass is 32.2. The Hall–Kier alpha value is -1.90. The number of hydrogen-bond donors (Lipinski definition) is 2. The van der Waals surface area contributed by atoms with Crippen LogP contribution in [0, 0.1) is 11.2 Å². The van der Waals surface area contributed by atoms with Crippen LogP contribution in [0.4, 0.5) is 15.8 Å². The molecule has 0 aliphatic carbocycles. The normalized spacial score (nSPS) is 19.2. The largest absolute Gasteiger partial charge is 0.489 e. The lowest BCUT2D eigenvalue weighted by molar-refractivity contribution is -0.148. The molecule has 0 saturated heterocycles. The van der Waals surface area contributed by atoms with Crippen LogP contribution in [0.25, 0.3) is 0 Å². The molecule has 0 saturated carbocycles. The van der Waals surface area contributed by atoms with Crippen LogP contribution in [0.5, 0.6) is 5.75 Å². The molecule has 0 amide bonds. The lowest BCUT2D eigenvalue weighted by atomic mass is 9.86. The summed E-state index contributed by atoms with van der Waals surface area (Å²) < 4.78 is 19.3. The molecule has 0 radical (unpaired) electrons. The van der Waals surface area contributed by atoms with Crippen molar-refractivity contribution in [2.75, 3.05) is 30.1 Å². The molecule has 2 unspecified atom stereocenters. The molecular weight excluding hydrogens is 449 g/mol. The van der Waals surface area contributed by atoms with E-state index in [4.69, 9.17) is 9.84 Å². The van der Waals surface area contributed by atoms with Crippen LogP contribution in [0.15, 0.2) is 46.2 Å². The number of fused-ring (bicyclic) bond motifs is 1. The second-order valence-electron chi connectivity index (χ2n) is 8.40. The Bertz CT molecular complexity index is 940. The molecule has 1 aliphatic rings. The summed E-state index contributed by atoms with van der Waals surface area (Å²) in [5.41, 5.74) is 2.02. The molecule has 0 spiro atoms. The zero-order chi connectivity index (χ0) is 23.3. The van der Waals surface area contributed by atoms with Gasteiger partial charge < -0.3 is 19.8 Å². The van der Waals surface area contributed by atoms with Crippen molar-refractivity contribution in [3.63, 3.8) is 0 Å². The first kappa shape index (κ1) is 24.7. The van der Waals surface area contributed by atoms with Crippen molar-refractivity contribution < 1.29 is 24.1 Å². The Morgan fingerprint density at radius 3 is 2.69 bits per heavy atom. The zero-order valence-corrected chi connectivity index (χ0v) is 20.3. The number of ether oxygens (including phenoxy) is 1.